The molecule has 1 aromatic heterocycles. The van der Waals surface area contributed by atoms with E-state index in [-0.39, 0.29) is 12.5 Å². The Labute approximate surface area is 142 Å². The molecule has 2 aromatic rings. The minimum Gasteiger partial charge on any atom is -0.493 e. The molecule has 0 spiro atoms. The van der Waals surface area contributed by atoms with Crippen LogP contribution in [0, 0.1) is 0 Å². The second-order valence-corrected chi connectivity index (χ2v) is 5.34. The molecule has 0 unspecified atom stereocenters. The normalized spacial score (nSPS) is 10.1. The fourth-order valence-corrected chi connectivity index (χ4v) is 2.23. The van der Waals surface area contributed by atoms with Crippen LogP contribution < -0.4 is 14.8 Å². The molecule has 1 aromatic carbocycles. The molecule has 24 heavy (non-hydrogen) atoms. The summed E-state index contributed by atoms with van der Waals surface area (Å²) in [6, 6.07) is 9.38. The second-order valence-electron chi connectivity index (χ2n) is 5.34. The van der Waals surface area contributed by atoms with Gasteiger partial charge in [0, 0.05) is 37.7 Å². The van der Waals surface area contributed by atoms with Gasteiger partial charge in [-0.1, -0.05) is 0 Å². The molecule has 0 saturated heterocycles. The minimum atomic E-state index is 0.0267. The lowest BCUT2D eigenvalue weighted by Gasteiger charge is -2.18. The van der Waals surface area contributed by atoms with Crippen molar-refractivity contribution in [3.8, 4) is 11.5 Å². The number of nitrogens with one attached hydrogen (secondary N) is 1. The van der Waals surface area contributed by atoms with E-state index in [9.17, 15) is 4.79 Å². The van der Waals surface area contributed by atoms with E-state index in [2.05, 4.69) is 10.3 Å². The molecule has 1 amide bonds. The standard InChI is InChI=1S/C18H23N3O3/c1-21(11-8-14-6-9-19-10-7-14)18(22)13-20-15-4-5-16(23-2)17(12-15)24-3/h4-7,9-10,12,20H,8,11,13H2,1-3H3. The van der Waals surface area contributed by atoms with Crippen molar-refractivity contribution in [1.82, 2.24) is 9.88 Å². The maximum atomic E-state index is 12.2. The summed E-state index contributed by atoms with van der Waals surface area (Å²) in [7, 11) is 4.98. The van der Waals surface area contributed by atoms with E-state index in [1.807, 2.05) is 24.3 Å². The molecule has 0 aliphatic carbocycles. The number of ether oxygens (including phenoxy) is 2. The van der Waals surface area contributed by atoms with Crippen molar-refractivity contribution < 1.29 is 14.3 Å². The topological polar surface area (TPSA) is 63.7 Å². The van der Waals surface area contributed by atoms with Gasteiger partial charge in [0.1, 0.15) is 0 Å². The van der Waals surface area contributed by atoms with Gasteiger partial charge in [-0.25, -0.2) is 0 Å². The van der Waals surface area contributed by atoms with Gasteiger partial charge in [-0.05, 0) is 36.2 Å². The lowest BCUT2D eigenvalue weighted by molar-refractivity contribution is -0.127. The Kier molecular flexibility index (Phi) is 6.42. The van der Waals surface area contributed by atoms with Gasteiger partial charge in [0.2, 0.25) is 5.91 Å². The van der Waals surface area contributed by atoms with Gasteiger partial charge in [-0.3, -0.25) is 9.78 Å². The highest BCUT2D eigenvalue weighted by atomic mass is 16.5. The van der Waals surface area contributed by atoms with E-state index >= 15 is 0 Å². The van der Waals surface area contributed by atoms with Crippen LogP contribution in [0.25, 0.3) is 0 Å². The Balaban J connectivity index is 1.83. The number of nitrogens with zero attached hydrogens (tertiary/aromatic N) is 2. The lowest BCUT2D eigenvalue weighted by Crippen LogP contribution is -2.33. The third kappa shape index (κ3) is 4.87. The van der Waals surface area contributed by atoms with Crippen LogP contribution in [0.4, 0.5) is 5.69 Å². The second kappa shape index (κ2) is 8.76. The molecular weight excluding hydrogens is 306 g/mol. The van der Waals surface area contributed by atoms with Crippen LogP contribution in [0.15, 0.2) is 42.7 Å². The first-order valence-electron chi connectivity index (χ1n) is 7.73. The third-order valence-electron chi connectivity index (χ3n) is 3.74. The summed E-state index contributed by atoms with van der Waals surface area (Å²) in [5.74, 6) is 1.31. The van der Waals surface area contributed by atoms with Gasteiger partial charge in [0.15, 0.2) is 11.5 Å². The summed E-state index contributed by atoms with van der Waals surface area (Å²) in [5.41, 5.74) is 1.97. The predicted octanol–water partition coefficient (Wildman–Crippen LogP) is 2.21. The monoisotopic (exact) mass is 329 g/mol. The van der Waals surface area contributed by atoms with Gasteiger partial charge in [0.05, 0.1) is 20.8 Å². The lowest BCUT2D eigenvalue weighted by atomic mass is 10.2. The molecule has 2 rings (SSSR count). The summed E-state index contributed by atoms with van der Waals surface area (Å²) >= 11 is 0. The number of rotatable bonds is 8. The van der Waals surface area contributed by atoms with E-state index in [4.69, 9.17) is 9.47 Å². The van der Waals surface area contributed by atoms with Crippen molar-refractivity contribution in [2.24, 2.45) is 0 Å². The average molecular weight is 329 g/mol. The van der Waals surface area contributed by atoms with Crippen LogP contribution in [0.2, 0.25) is 0 Å². The maximum absolute atomic E-state index is 12.2. The molecule has 6 nitrogen and oxygen atoms in total. The Morgan fingerprint density at radius 3 is 2.50 bits per heavy atom. The zero-order chi connectivity index (χ0) is 17.4. The molecule has 1 N–H and O–H groups in total. The molecule has 0 saturated carbocycles. The third-order valence-corrected chi connectivity index (χ3v) is 3.74. The summed E-state index contributed by atoms with van der Waals surface area (Å²) in [5, 5.41) is 3.11. The fraction of sp³-hybridized carbons (Fsp3) is 0.333. The smallest absolute Gasteiger partial charge is 0.241 e. The first-order chi connectivity index (χ1) is 11.6. The highest BCUT2D eigenvalue weighted by molar-refractivity contribution is 5.80. The molecule has 0 atom stereocenters. The van der Waals surface area contributed by atoms with Crippen molar-refractivity contribution >= 4 is 11.6 Å². The van der Waals surface area contributed by atoms with Crippen molar-refractivity contribution in [1.29, 1.82) is 0 Å². The van der Waals surface area contributed by atoms with Crippen LogP contribution in [-0.2, 0) is 11.2 Å². The van der Waals surface area contributed by atoms with Gasteiger partial charge >= 0.3 is 0 Å². The zero-order valence-electron chi connectivity index (χ0n) is 14.3. The number of anilines is 1. The predicted molar refractivity (Wildman–Crippen MR) is 93.6 cm³/mol. The van der Waals surface area contributed by atoms with Crippen LogP contribution in [0.3, 0.4) is 0 Å². The van der Waals surface area contributed by atoms with Crippen LogP contribution in [0.1, 0.15) is 5.56 Å². The van der Waals surface area contributed by atoms with E-state index in [1.165, 1.54) is 0 Å². The van der Waals surface area contributed by atoms with Crippen molar-refractivity contribution in [2.75, 3.05) is 39.7 Å². The molecule has 6 heteroatoms. The fourth-order valence-electron chi connectivity index (χ4n) is 2.23. The number of carbonyl (C=O) groups excluding carboxylic acids is 1. The molecule has 0 fully saturated rings. The van der Waals surface area contributed by atoms with Gasteiger partial charge in [-0.2, -0.15) is 0 Å². The van der Waals surface area contributed by atoms with Crippen molar-refractivity contribution in [3.63, 3.8) is 0 Å². The summed E-state index contributed by atoms with van der Waals surface area (Å²) in [4.78, 5) is 17.9. The molecular formula is C18H23N3O3. The number of methoxy groups -OCH3 is 2. The summed E-state index contributed by atoms with van der Waals surface area (Å²) < 4.78 is 10.4. The van der Waals surface area contributed by atoms with Crippen molar-refractivity contribution in [3.05, 3.63) is 48.3 Å². The number of hydrogen-bond donors (Lipinski definition) is 1. The number of benzene rings is 1. The number of amides is 1. The molecule has 1 heterocycles. The van der Waals surface area contributed by atoms with E-state index in [1.54, 1.807) is 44.6 Å². The van der Waals surface area contributed by atoms with Crippen LogP contribution in [-0.4, -0.2) is 50.1 Å². The van der Waals surface area contributed by atoms with Crippen molar-refractivity contribution in [2.45, 2.75) is 6.42 Å². The highest BCUT2D eigenvalue weighted by Gasteiger charge is 2.10. The van der Waals surface area contributed by atoms with Gasteiger partial charge in [0.25, 0.3) is 0 Å². The Hall–Kier alpha value is -2.76. The Bertz CT molecular complexity index is 662. The van der Waals surface area contributed by atoms with Crippen LogP contribution >= 0.6 is 0 Å². The zero-order valence-corrected chi connectivity index (χ0v) is 14.3. The molecule has 128 valence electrons. The van der Waals surface area contributed by atoms with E-state index in [0.717, 1.165) is 17.7 Å². The SMILES string of the molecule is COc1ccc(NCC(=O)N(C)CCc2ccncc2)cc1OC. The molecule has 0 radical (unpaired) electrons. The number of aromatic nitrogens is 1. The first-order valence-corrected chi connectivity index (χ1v) is 7.73. The first kappa shape index (κ1) is 17.6. The van der Waals surface area contributed by atoms with Gasteiger partial charge in [-0.15, -0.1) is 0 Å². The Morgan fingerprint density at radius 2 is 1.83 bits per heavy atom. The van der Waals surface area contributed by atoms with E-state index in [0.29, 0.717) is 18.0 Å². The van der Waals surface area contributed by atoms with Gasteiger partial charge < -0.3 is 19.7 Å². The number of hydrogen-bond acceptors (Lipinski definition) is 5. The highest BCUT2D eigenvalue weighted by Crippen LogP contribution is 2.29. The average Bonchev–Trinajstić information content (AvgIpc) is 2.64. The summed E-state index contributed by atoms with van der Waals surface area (Å²) in [6.45, 7) is 0.888. The number of carbonyl (C=O) groups is 1. The molecule has 0 aliphatic heterocycles. The number of likely N-dealkylation sites (N-methyl/N-ethyl adjacent to an activating group) is 1. The number of pyridine rings is 1. The quantitative estimate of drug-likeness (QED) is 0.804. The summed E-state index contributed by atoms with van der Waals surface area (Å²) in [6.07, 6.45) is 4.33. The van der Waals surface area contributed by atoms with E-state index < -0.39 is 0 Å². The minimum absolute atomic E-state index is 0.0267. The molecule has 0 bridgehead atoms. The maximum Gasteiger partial charge on any atom is 0.241 e. The van der Waals surface area contributed by atoms with Crippen LogP contribution in [0.5, 0.6) is 11.5 Å². The Morgan fingerprint density at radius 1 is 1.12 bits per heavy atom. The molecule has 0 aliphatic rings. The largest absolute Gasteiger partial charge is 0.493 e.